The minimum Gasteiger partial charge on any atom is -0.229 e. The maximum Gasteiger partial charge on any atom is 0.215 e. The van der Waals surface area contributed by atoms with Gasteiger partial charge in [0.1, 0.15) is 11.1 Å². The predicted octanol–water partition coefficient (Wildman–Crippen LogP) is 2.33. The van der Waals surface area contributed by atoms with E-state index in [4.69, 9.17) is 16.9 Å². The second kappa shape index (κ2) is 5.33. The lowest BCUT2D eigenvalue weighted by atomic mass is 10.4. The van der Waals surface area contributed by atoms with E-state index in [-0.39, 0.29) is 11.7 Å². The smallest absolute Gasteiger partial charge is 0.215 e. The van der Waals surface area contributed by atoms with Crippen LogP contribution in [0.3, 0.4) is 0 Å². The minimum atomic E-state index is 0.158. The van der Waals surface area contributed by atoms with Gasteiger partial charge in [-0.1, -0.05) is 11.6 Å². The van der Waals surface area contributed by atoms with Crippen LogP contribution >= 0.6 is 23.4 Å². The molecule has 0 aliphatic rings. The van der Waals surface area contributed by atoms with Gasteiger partial charge in [-0.2, -0.15) is 5.26 Å². The topological polar surface area (TPSA) is 80.3 Å². The van der Waals surface area contributed by atoms with Crippen LogP contribution in [0.15, 0.2) is 22.3 Å². The van der Waals surface area contributed by atoms with E-state index in [0.29, 0.717) is 15.2 Å². The fourth-order valence-electron chi connectivity index (χ4n) is 1.23. The number of rotatable bonds is 3. The third-order valence-corrected chi connectivity index (χ3v) is 3.27. The SMILES string of the molecule is CC(C)n1nnnc1Sc1ccc(Cl)c(C#N)n1. The number of tetrazole rings is 1. The van der Waals surface area contributed by atoms with E-state index in [0.717, 1.165) is 0 Å². The van der Waals surface area contributed by atoms with Crippen LogP contribution in [-0.4, -0.2) is 25.2 Å². The first-order chi connectivity index (χ1) is 8.61. The van der Waals surface area contributed by atoms with Crippen LogP contribution in [0, 0.1) is 11.3 Å². The van der Waals surface area contributed by atoms with E-state index in [1.54, 1.807) is 16.8 Å². The molecule has 0 saturated heterocycles. The molecule has 0 N–H and O–H groups in total. The van der Waals surface area contributed by atoms with Gasteiger partial charge in [0.25, 0.3) is 0 Å². The Bertz CT molecular complexity index is 603. The highest BCUT2D eigenvalue weighted by atomic mass is 35.5. The molecule has 0 amide bonds. The van der Waals surface area contributed by atoms with Crippen LogP contribution in [0.25, 0.3) is 0 Å². The van der Waals surface area contributed by atoms with Gasteiger partial charge in [0.2, 0.25) is 5.16 Å². The van der Waals surface area contributed by atoms with Crippen LogP contribution in [-0.2, 0) is 0 Å². The van der Waals surface area contributed by atoms with Crippen molar-refractivity contribution in [2.75, 3.05) is 0 Å². The van der Waals surface area contributed by atoms with Crippen LogP contribution in [0.1, 0.15) is 25.6 Å². The van der Waals surface area contributed by atoms with Gasteiger partial charge in [-0.05, 0) is 48.2 Å². The molecule has 0 unspecified atom stereocenters. The van der Waals surface area contributed by atoms with Crippen molar-refractivity contribution >= 4 is 23.4 Å². The van der Waals surface area contributed by atoms with Gasteiger partial charge in [0, 0.05) is 0 Å². The monoisotopic (exact) mass is 280 g/mol. The first kappa shape index (κ1) is 12.8. The highest BCUT2D eigenvalue weighted by Crippen LogP contribution is 2.27. The molecular weight excluding hydrogens is 272 g/mol. The molecule has 0 aliphatic heterocycles. The quantitative estimate of drug-likeness (QED) is 0.858. The second-order valence-corrected chi connectivity index (χ2v) is 5.09. The third-order valence-electron chi connectivity index (χ3n) is 2.07. The molecule has 0 bridgehead atoms. The fourth-order valence-corrected chi connectivity index (χ4v) is 2.26. The summed E-state index contributed by atoms with van der Waals surface area (Å²) in [6, 6.07) is 5.46. The lowest BCUT2D eigenvalue weighted by Crippen LogP contribution is -2.04. The molecule has 2 rings (SSSR count). The highest BCUT2D eigenvalue weighted by Gasteiger charge is 2.12. The molecule has 2 heterocycles. The molecule has 2 aromatic rings. The molecule has 92 valence electrons. The summed E-state index contributed by atoms with van der Waals surface area (Å²) in [5, 5.41) is 21.9. The van der Waals surface area contributed by atoms with Gasteiger partial charge in [-0.25, -0.2) is 9.67 Å². The van der Waals surface area contributed by atoms with Crippen molar-refractivity contribution in [2.24, 2.45) is 0 Å². The van der Waals surface area contributed by atoms with E-state index in [1.807, 2.05) is 19.9 Å². The van der Waals surface area contributed by atoms with E-state index in [1.165, 1.54) is 11.8 Å². The summed E-state index contributed by atoms with van der Waals surface area (Å²) in [6.07, 6.45) is 0. The molecule has 8 heteroatoms. The number of hydrogen-bond donors (Lipinski definition) is 0. The van der Waals surface area contributed by atoms with Gasteiger partial charge >= 0.3 is 0 Å². The van der Waals surface area contributed by atoms with Gasteiger partial charge < -0.3 is 0 Å². The Balaban J connectivity index is 2.29. The largest absolute Gasteiger partial charge is 0.229 e. The molecule has 0 atom stereocenters. The van der Waals surface area contributed by atoms with Crippen molar-refractivity contribution in [1.82, 2.24) is 25.2 Å². The fraction of sp³-hybridized carbons (Fsp3) is 0.300. The van der Waals surface area contributed by atoms with Gasteiger partial charge in [-0.15, -0.1) is 5.10 Å². The predicted molar refractivity (Wildman–Crippen MR) is 66.3 cm³/mol. The number of halogens is 1. The number of pyridine rings is 1. The number of hydrogen-bond acceptors (Lipinski definition) is 6. The Morgan fingerprint density at radius 3 is 2.89 bits per heavy atom. The first-order valence-electron chi connectivity index (χ1n) is 5.14. The average molecular weight is 281 g/mol. The highest BCUT2D eigenvalue weighted by molar-refractivity contribution is 7.99. The molecule has 2 aromatic heterocycles. The van der Waals surface area contributed by atoms with Crippen LogP contribution in [0.5, 0.6) is 0 Å². The average Bonchev–Trinajstić information content (AvgIpc) is 2.80. The van der Waals surface area contributed by atoms with Crippen molar-refractivity contribution < 1.29 is 0 Å². The summed E-state index contributed by atoms with van der Waals surface area (Å²) in [5.74, 6) is 0. The zero-order valence-corrected chi connectivity index (χ0v) is 11.3. The molecular formula is C10H9ClN6S. The van der Waals surface area contributed by atoms with Crippen molar-refractivity contribution in [2.45, 2.75) is 30.1 Å². The van der Waals surface area contributed by atoms with Crippen molar-refractivity contribution in [1.29, 1.82) is 5.26 Å². The van der Waals surface area contributed by atoms with Gasteiger partial charge in [-0.3, -0.25) is 0 Å². The summed E-state index contributed by atoms with van der Waals surface area (Å²) in [6.45, 7) is 3.97. The summed E-state index contributed by atoms with van der Waals surface area (Å²) >= 11 is 7.11. The van der Waals surface area contributed by atoms with Gasteiger partial charge in [0.05, 0.1) is 11.1 Å². The van der Waals surface area contributed by atoms with E-state index >= 15 is 0 Å². The van der Waals surface area contributed by atoms with Crippen LogP contribution in [0.4, 0.5) is 0 Å². The first-order valence-corrected chi connectivity index (χ1v) is 6.33. The maximum atomic E-state index is 8.86. The Hall–Kier alpha value is -1.65. The number of aromatic nitrogens is 5. The number of nitrogens with zero attached hydrogens (tertiary/aromatic N) is 6. The van der Waals surface area contributed by atoms with E-state index in [2.05, 4.69) is 20.5 Å². The molecule has 0 fully saturated rings. The Morgan fingerprint density at radius 1 is 1.44 bits per heavy atom. The normalized spacial score (nSPS) is 10.6. The maximum absolute atomic E-state index is 8.86. The van der Waals surface area contributed by atoms with Crippen molar-refractivity contribution in [3.63, 3.8) is 0 Å². The summed E-state index contributed by atoms with van der Waals surface area (Å²) in [5.41, 5.74) is 0.199. The van der Waals surface area contributed by atoms with Gasteiger partial charge in [0.15, 0.2) is 5.69 Å². The molecule has 0 saturated carbocycles. The van der Waals surface area contributed by atoms with E-state index in [9.17, 15) is 0 Å². The summed E-state index contributed by atoms with van der Waals surface area (Å²) < 4.78 is 1.69. The molecule has 0 aromatic carbocycles. The summed E-state index contributed by atoms with van der Waals surface area (Å²) in [4.78, 5) is 4.13. The third kappa shape index (κ3) is 2.60. The lowest BCUT2D eigenvalue weighted by molar-refractivity contribution is 0.477. The lowest BCUT2D eigenvalue weighted by Gasteiger charge is -2.06. The summed E-state index contributed by atoms with van der Waals surface area (Å²) in [7, 11) is 0. The Morgan fingerprint density at radius 2 is 2.22 bits per heavy atom. The molecule has 0 radical (unpaired) electrons. The molecule has 0 spiro atoms. The molecule has 0 aliphatic carbocycles. The zero-order chi connectivity index (χ0) is 13.1. The van der Waals surface area contributed by atoms with Crippen molar-refractivity contribution in [3.05, 3.63) is 22.8 Å². The Labute approximate surface area is 113 Å². The molecule has 18 heavy (non-hydrogen) atoms. The zero-order valence-electron chi connectivity index (χ0n) is 9.70. The number of nitriles is 1. The second-order valence-electron chi connectivity index (χ2n) is 3.69. The minimum absolute atomic E-state index is 0.158. The van der Waals surface area contributed by atoms with E-state index < -0.39 is 0 Å². The Kier molecular flexibility index (Phi) is 3.79. The van der Waals surface area contributed by atoms with Crippen LogP contribution < -0.4 is 0 Å². The molecule has 6 nitrogen and oxygen atoms in total. The van der Waals surface area contributed by atoms with Crippen molar-refractivity contribution in [3.8, 4) is 6.07 Å². The van der Waals surface area contributed by atoms with Crippen LogP contribution in [0.2, 0.25) is 5.02 Å². The standard InChI is InChI=1S/C10H9ClN6S/c1-6(2)17-10(14-15-16-17)18-9-4-3-7(11)8(5-12)13-9/h3-4,6H,1-2H3.